The SMILES string of the molecule is CCOc1ccccc1NC(=O)[C@H]([NH2+][C@@H](C)c1cccc(Cl)c1)c1ccccc1. The highest BCUT2D eigenvalue weighted by Gasteiger charge is 2.27. The predicted octanol–water partition coefficient (Wildman–Crippen LogP) is 4.74. The summed E-state index contributed by atoms with van der Waals surface area (Å²) in [6.07, 6.45) is 0. The van der Waals surface area contributed by atoms with Crippen molar-refractivity contribution in [2.24, 2.45) is 0 Å². The molecule has 0 aliphatic rings. The third-order valence-corrected chi connectivity index (χ3v) is 4.98. The number of benzene rings is 3. The van der Waals surface area contributed by atoms with Crippen molar-refractivity contribution in [2.45, 2.75) is 25.9 Å². The highest BCUT2D eigenvalue weighted by Crippen LogP contribution is 2.25. The van der Waals surface area contributed by atoms with Gasteiger partial charge in [-0.05, 0) is 38.1 Å². The number of hydrogen-bond donors (Lipinski definition) is 2. The van der Waals surface area contributed by atoms with Crippen molar-refractivity contribution in [3.63, 3.8) is 0 Å². The Bertz CT molecular complexity index is 946. The van der Waals surface area contributed by atoms with Gasteiger partial charge in [0.2, 0.25) is 0 Å². The van der Waals surface area contributed by atoms with Gasteiger partial charge in [-0.2, -0.15) is 0 Å². The summed E-state index contributed by atoms with van der Waals surface area (Å²) >= 11 is 6.15. The lowest BCUT2D eigenvalue weighted by molar-refractivity contribution is -0.718. The van der Waals surface area contributed by atoms with E-state index in [-0.39, 0.29) is 11.9 Å². The summed E-state index contributed by atoms with van der Waals surface area (Å²) in [4.78, 5) is 13.3. The molecule has 3 aromatic carbocycles. The second kappa shape index (κ2) is 10.1. The molecule has 0 aromatic heterocycles. The molecule has 0 aliphatic heterocycles. The first-order valence-electron chi connectivity index (χ1n) is 9.76. The highest BCUT2D eigenvalue weighted by molar-refractivity contribution is 6.30. The van der Waals surface area contributed by atoms with Crippen LogP contribution in [0.2, 0.25) is 5.02 Å². The largest absolute Gasteiger partial charge is 0.492 e. The summed E-state index contributed by atoms with van der Waals surface area (Å²) in [7, 11) is 0. The number of para-hydroxylation sites is 2. The van der Waals surface area contributed by atoms with Gasteiger partial charge in [-0.25, -0.2) is 0 Å². The van der Waals surface area contributed by atoms with E-state index in [4.69, 9.17) is 16.3 Å². The lowest BCUT2D eigenvalue weighted by atomic mass is 10.0. The first kappa shape index (κ1) is 20.9. The standard InChI is InChI=1S/C24H25ClN2O2/c1-3-29-22-15-8-7-14-21(22)27-24(28)23(18-10-5-4-6-11-18)26-17(2)19-12-9-13-20(25)16-19/h4-17,23,26H,3H2,1-2H3,(H,27,28)/p+1/t17-,23+/m0/s1. The monoisotopic (exact) mass is 409 g/mol. The Morgan fingerprint density at radius 2 is 1.69 bits per heavy atom. The van der Waals surface area contributed by atoms with E-state index in [1.807, 2.05) is 85.8 Å². The number of hydrogen-bond acceptors (Lipinski definition) is 2. The molecule has 0 unspecified atom stereocenters. The molecule has 5 heteroatoms. The first-order valence-corrected chi connectivity index (χ1v) is 10.1. The van der Waals surface area contributed by atoms with Crippen molar-refractivity contribution in [3.8, 4) is 5.75 Å². The summed E-state index contributed by atoms with van der Waals surface area (Å²) in [6.45, 7) is 4.53. The molecule has 0 saturated heterocycles. The average Bonchev–Trinajstić information content (AvgIpc) is 2.74. The zero-order valence-corrected chi connectivity index (χ0v) is 17.4. The molecular weight excluding hydrogens is 384 g/mol. The topological polar surface area (TPSA) is 54.9 Å². The van der Waals surface area contributed by atoms with Crippen LogP contribution in [-0.2, 0) is 4.79 Å². The number of carbonyl (C=O) groups is 1. The molecule has 3 rings (SSSR count). The van der Waals surface area contributed by atoms with Gasteiger partial charge < -0.3 is 15.4 Å². The lowest BCUT2D eigenvalue weighted by Gasteiger charge is -2.21. The lowest BCUT2D eigenvalue weighted by Crippen LogP contribution is -2.87. The minimum absolute atomic E-state index is 0.0480. The number of rotatable bonds is 8. The van der Waals surface area contributed by atoms with Crippen LogP contribution >= 0.6 is 11.6 Å². The van der Waals surface area contributed by atoms with Crippen LogP contribution in [0.5, 0.6) is 5.75 Å². The van der Waals surface area contributed by atoms with Crippen molar-refractivity contribution in [1.82, 2.24) is 0 Å². The van der Waals surface area contributed by atoms with Crippen LogP contribution in [0.3, 0.4) is 0 Å². The molecule has 3 aromatic rings. The van der Waals surface area contributed by atoms with E-state index in [0.29, 0.717) is 23.1 Å². The quantitative estimate of drug-likeness (QED) is 0.564. The molecule has 2 atom stereocenters. The summed E-state index contributed by atoms with van der Waals surface area (Å²) in [5.41, 5.74) is 2.68. The van der Waals surface area contributed by atoms with Gasteiger partial charge in [0.25, 0.3) is 5.91 Å². The molecule has 1 amide bonds. The molecule has 0 bridgehead atoms. The van der Waals surface area contributed by atoms with Crippen LogP contribution in [0.15, 0.2) is 78.9 Å². The number of amides is 1. The summed E-state index contributed by atoms with van der Waals surface area (Å²) in [6, 6.07) is 24.6. The van der Waals surface area contributed by atoms with Gasteiger partial charge in [-0.1, -0.05) is 66.2 Å². The van der Waals surface area contributed by atoms with Crippen LogP contribution in [0, 0.1) is 0 Å². The van der Waals surface area contributed by atoms with E-state index in [2.05, 4.69) is 17.6 Å². The van der Waals surface area contributed by atoms with E-state index in [1.165, 1.54) is 0 Å². The molecule has 29 heavy (non-hydrogen) atoms. The van der Waals surface area contributed by atoms with Crippen LogP contribution < -0.4 is 15.4 Å². The van der Waals surface area contributed by atoms with Crippen LogP contribution in [-0.4, -0.2) is 12.5 Å². The minimum atomic E-state index is -0.417. The highest BCUT2D eigenvalue weighted by atomic mass is 35.5. The third-order valence-electron chi connectivity index (χ3n) is 4.74. The number of carbonyl (C=O) groups excluding carboxylic acids is 1. The average molecular weight is 410 g/mol. The smallest absolute Gasteiger partial charge is 0.287 e. The van der Waals surface area contributed by atoms with Gasteiger partial charge in [0.1, 0.15) is 11.8 Å². The second-order valence-corrected chi connectivity index (χ2v) is 7.28. The zero-order valence-electron chi connectivity index (χ0n) is 16.6. The van der Waals surface area contributed by atoms with E-state index in [9.17, 15) is 4.79 Å². The fourth-order valence-electron chi connectivity index (χ4n) is 3.26. The van der Waals surface area contributed by atoms with Crippen molar-refractivity contribution in [2.75, 3.05) is 11.9 Å². The Hall–Kier alpha value is -2.82. The molecule has 4 nitrogen and oxygen atoms in total. The first-order chi connectivity index (χ1) is 14.1. The van der Waals surface area contributed by atoms with Gasteiger partial charge in [0.05, 0.1) is 12.3 Å². The van der Waals surface area contributed by atoms with Crippen LogP contribution in [0.4, 0.5) is 5.69 Å². The molecule has 3 N–H and O–H groups in total. The second-order valence-electron chi connectivity index (χ2n) is 6.84. The van der Waals surface area contributed by atoms with E-state index >= 15 is 0 Å². The minimum Gasteiger partial charge on any atom is -0.492 e. The van der Waals surface area contributed by atoms with E-state index in [0.717, 1.165) is 11.1 Å². The molecule has 150 valence electrons. The Morgan fingerprint density at radius 1 is 1.00 bits per heavy atom. The Labute approximate surface area is 176 Å². The molecule has 0 aliphatic carbocycles. The normalized spacial score (nSPS) is 12.8. The van der Waals surface area contributed by atoms with Gasteiger partial charge in [0, 0.05) is 16.1 Å². The number of ether oxygens (including phenoxy) is 1. The maximum absolute atomic E-state index is 13.3. The molecular formula is C24H26ClN2O2+. The van der Waals surface area contributed by atoms with Crippen molar-refractivity contribution < 1.29 is 14.8 Å². The van der Waals surface area contributed by atoms with Crippen molar-refractivity contribution in [3.05, 3.63) is 95.0 Å². The van der Waals surface area contributed by atoms with E-state index < -0.39 is 6.04 Å². The number of halogens is 1. The predicted molar refractivity (Wildman–Crippen MR) is 117 cm³/mol. The number of quaternary nitrogens is 1. The van der Waals surface area contributed by atoms with Crippen LogP contribution in [0.25, 0.3) is 0 Å². The van der Waals surface area contributed by atoms with Gasteiger partial charge in [-0.15, -0.1) is 0 Å². The van der Waals surface area contributed by atoms with Gasteiger partial charge in [0.15, 0.2) is 6.04 Å². The molecule has 0 radical (unpaired) electrons. The maximum Gasteiger partial charge on any atom is 0.287 e. The summed E-state index contributed by atoms with van der Waals surface area (Å²) in [5.74, 6) is 0.565. The number of nitrogens with one attached hydrogen (secondary N) is 1. The van der Waals surface area contributed by atoms with Gasteiger partial charge >= 0.3 is 0 Å². The molecule has 0 saturated carbocycles. The maximum atomic E-state index is 13.3. The number of nitrogens with two attached hydrogens (primary N) is 1. The number of anilines is 1. The van der Waals surface area contributed by atoms with Crippen molar-refractivity contribution in [1.29, 1.82) is 0 Å². The summed E-state index contributed by atoms with van der Waals surface area (Å²) in [5, 5.41) is 5.79. The van der Waals surface area contributed by atoms with Crippen molar-refractivity contribution >= 4 is 23.2 Å². The Balaban J connectivity index is 1.85. The zero-order chi connectivity index (χ0) is 20.6. The van der Waals surface area contributed by atoms with Crippen LogP contribution in [0.1, 0.15) is 37.1 Å². The van der Waals surface area contributed by atoms with E-state index in [1.54, 1.807) is 0 Å². The summed E-state index contributed by atoms with van der Waals surface area (Å²) < 4.78 is 5.65. The third kappa shape index (κ3) is 5.59. The molecule has 0 heterocycles. The fourth-order valence-corrected chi connectivity index (χ4v) is 3.46. The van der Waals surface area contributed by atoms with Gasteiger partial charge in [-0.3, -0.25) is 4.79 Å². The molecule has 0 fully saturated rings. The fraction of sp³-hybridized carbons (Fsp3) is 0.208. The Morgan fingerprint density at radius 3 is 2.41 bits per heavy atom. The Kier molecular flexibility index (Phi) is 7.28. The molecule has 0 spiro atoms.